The van der Waals surface area contributed by atoms with Gasteiger partial charge in [0.15, 0.2) is 0 Å². The number of hydrogen-bond acceptors (Lipinski definition) is 4. The highest BCUT2D eigenvalue weighted by Gasteiger charge is 2.18. The van der Waals surface area contributed by atoms with E-state index in [-0.39, 0.29) is 5.91 Å². The maximum atomic E-state index is 12.9. The van der Waals surface area contributed by atoms with Crippen molar-refractivity contribution in [2.45, 2.75) is 6.54 Å². The highest BCUT2D eigenvalue weighted by molar-refractivity contribution is 6.05. The fourth-order valence-electron chi connectivity index (χ4n) is 2.36. The van der Waals surface area contributed by atoms with Gasteiger partial charge in [0.25, 0.3) is 5.91 Å². The summed E-state index contributed by atoms with van der Waals surface area (Å²) in [6, 6.07) is 14.7. The van der Waals surface area contributed by atoms with Gasteiger partial charge in [0, 0.05) is 30.5 Å². The smallest absolute Gasteiger partial charge is 0.260 e. The van der Waals surface area contributed by atoms with E-state index >= 15 is 0 Å². The van der Waals surface area contributed by atoms with Gasteiger partial charge in [-0.3, -0.25) is 14.8 Å². The molecular weight excluding hydrogens is 302 g/mol. The Bertz CT molecular complexity index is 790. The third-order valence-corrected chi connectivity index (χ3v) is 3.60. The van der Waals surface area contributed by atoms with Crippen molar-refractivity contribution < 1.29 is 9.53 Å². The van der Waals surface area contributed by atoms with Gasteiger partial charge in [-0.1, -0.05) is 6.07 Å². The summed E-state index contributed by atoms with van der Waals surface area (Å²) in [6.07, 6.45) is 6.69. The van der Waals surface area contributed by atoms with Crippen LogP contribution in [0.4, 0.5) is 5.69 Å². The highest BCUT2D eigenvalue weighted by Crippen LogP contribution is 2.23. The summed E-state index contributed by atoms with van der Waals surface area (Å²) in [5.41, 5.74) is 2.27. The Morgan fingerprint density at radius 3 is 2.29 bits per heavy atom. The normalized spacial score (nSPS) is 10.2. The average Bonchev–Trinajstić information content (AvgIpc) is 2.67. The molecule has 1 aromatic carbocycles. The Hall–Kier alpha value is -3.21. The number of carbonyl (C=O) groups excluding carboxylic acids is 1. The number of carbonyl (C=O) groups is 1. The van der Waals surface area contributed by atoms with Crippen molar-refractivity contribution in [3.63, 3.8) is 0 Å². The largest absolute Gasteiger partial charge is 0.497 e. The van der Waals surface area contributed by atoms with Crippen molar-refractivity contribution >= 4 is 11.6 Å². The molecule has 24 heavy (non-hydrogen) atoms. The minimum Gasteiger partial charge on any atom is -0.497 e. The number of amides is 1. The van der Waals surface area contributed by atoms with Gasteiger partial charge in [-0.05, 0) is 48.0 Å². The monoisotopic (exact) mass is 319 g/mol. The molecule has 0 atom stereocenters. The van der Waals surface area contributed by atoms with Crippen LogP contribution in [0.5, 0.6) is 5.75 Å². The fraction of sp³-hybridized carbons (Fsp3) is 0.105. The third kappa shape index (κ3) is 3.57. The van der Waals surface area contributed by atoms with Crippen LogP contribution in [0.3, 0.4) is 0 Å². The van der Waals surface area contributed by atoms with E-state index in [1.807, 2.05) is 36.4 Å². The van der Waals surface area contributed by atoms with E-state index in [1.54, 1.807) is 48.9 Å². The number of methoxy groups -OCH3 is 1. The van der Waals surface area contributed by atoms with Crippen LogP contribution in [0.2, 0.25) is 0 Å². The third-order valence-electron chi connectivity index (χ3n) is 3.60. The molecule has 0 saturated heterocycles. The molecular formula is C19H17N3O2. The summed E-state index contributed by atoms with van der Waals surface area (Å²) < 4.78 is 5.19. The predicted octanol–water partition coefficient (Wildman–Crippen LogP) is 3.33. The van der Waals surface area contributed by atoms with Crippen molar-refractivity contribution in [2.75, 3.05) is 12.0 Å². The van der Waals surface area contributed by atoms with Crippen LogP contribution >= 0.6 is 0 Å². The van der Waals surface area contributed by atoms with Gasteiger partial charge in [0.1, 0.15) is 5.75 Å². The number of pyridine rings is 2. The van der Waals surface area contributed by atoms with E-state index in [9.17, 15) is 4.79 Å². The Morgan fingerprint density at radius 2 is 1.71 bits per heavy atom. The van der Waals surface area contributed by atoms with Gasteiger partial charge in [0.2, 0.25) is 0 Å². The quantitative estimate of drug-likeness (QED) is 0.724. The van der Waals surface area contributed by atoms with E-state index in [4.69, 9.17) is 4.74 Å². The van der Waals surface area contributed by atoms with E-state index in [2.05, 4.69) is 9.97 Å². The van der Waals surface area contributed by atoms with E-state index in [0.717, 1.165) is 17.0 Å². The van der Waals surface area contributed by atoms with E-state index in [0.29, 0.717) is 12.1 Å². The molecule has 0 aliphatic rings. The van der Waals surface area contributed by atoms with Gasteiger partial charge in [-0.25, -0.2) is 0 Å². The van der Waals surface area contributed by atoms with Crippen LogP contribution in [-0.2, 0) is 6.54 Å². The lowest BCUT2D eigenvalue weighted by atomic mass is 10.2. The van der Waals surface area contributed by atoms with Crippen LogP contribution in [0, 0.1) is 0 Å². The SMILES string of the molecule is COc1ccc(N(Cc2cccnc2)C(=O)c2cccnc2)cc1. The topological polar surface area (TPSA) is 55.3 Å². The molecule has 5 heteroatoms. The number of hydrogen-bond donors (Lipinski definition) is 0. The second-order valence-electron chi connectivity index (χ2n) is 5.19. The van der Waals surface area contributed by atoms with E-state index < -0.39 is 0 Å². The van der Waals surface area contributed by atoms with Crippen LogP contribution in [0.15, 0.2) is 73.3 Å². The summed E-state index contributed by atoms with van der Waals surface area (Å²) in [5.74, 6) is 0.631. The Morgan fingerprint density at radius 1 is 1.00 bits per heavy atom. The summed E-state index contributed by atoms with van der Waals surface area (Å²) in [5, 5.41) is 0. The molecule has 120 valence electrons. The van der Waals surface area contributed by atoms with Crippen molar-refractivity contribution in [3.05, 3.63) is 84.4 Å². The fourth-order valence-corrected chi connectivity index (χ4v) is 2.36. The zero-order valence-corrected chi connectivity index (χ0v) is 13.3. The molecule has 3 rings (SSSR count). The Kier molecular flexibility index (Phi) is 4.81. The first-order valence-electron chi connectivity index (χ1n) is 7.53. The minimum absolute atomic E-state index is 0.114. The number of aromatic nitrogens is 2. The predicted molar refractivity (Wildman–Crippen MR) is 92.0 cm³/mol. The van der Waals surface area contributed by atoms with Crippen LogP contribution in [0.25, 0.3) is 0 Å². The summed E-state index contributed by atoms with van der Waals surface area (Å²) in [7, 11) is 1.61. The maximum Gasteiger partial charge on any atom is 0.260 e. The molecule has 0 N–H and O–H groups in total. The van der Waals surface area contributed by atoms with Gasteiger partial charge in [-0.2, -0.15) is 0 Å². The molecule has 0 bridgehead atoms. The number of benzene rings is 1. The van der Waals surface area contributed by atoms with Crippen molar-refractivity contribution in [2.24, 2.45) is 0 Å². The number of ether oxygens (including phenoxy) is 1. The maximum absolute atomic E-state index is 12.9. The zero-order chi connectivity index (χ0) is 16.8. The van der Waals surface area contributed by atoms with Crippen LogP contribution < -0.4 is 9.64 Å². The van der Waals surface area contributed by atoms with Gasteiger partial charge >= 0.3 is 0 Å². The van der Waals surface area contributed by atoms with Crippen molar-refractivity contribution in [1.82, 2.24) is 9.97 Å². The highest BCUT2D eigenvalue weighted by atomic mass is 16.5. The molecule has 0 saturated carbocycles. The van der Waals surface area contributed by atoms with Gasteiger partial charge in [-0.15, -0.1) is 0 Å². The number of anilines is 1. The number of nitrogens with zero attached hydrogens (tertiary/aromatic N) is 3. The molecule has 0 unspecified atom stereocenters. The van der Waals surface area contributed by atoms with E-state index in [1.165, 1.54) is 0 Å². The minimum atomic E-state index is -0.114. The second kappa shape index (κ2) is 7.37. The Balaban J connectivity index is 1.95. The molecule has 0 aliphatic carbocycles. The standard InChI is InChI=1S/C19H17N3O2/c1-24-18-8-6-17(7-9-18)22(14-15-4-2-10-20-12-15)19(23)16-5-3-11-21-13-16/h2-13H,14H2,1H3. The molecule has 2 aromatic heterocycles. The molecule has 0 aliphatic heterocycles. The summed E-state index contributed by atoms with van der Waals surface area (Å²) in [4.78, 5) is 22.8. The molecule has 1 amide bonds. The molecule has 0 radical (unpaired) electrons. The van der Waals surface area contributed by atoms with Crippen molar-refractivity contribution in [3.8, 4) is 5.75 Å². The van der Waals surface area contributed by atoms with Gasteiger partial charge in [0.05, 0.1) is 19.2 Å². The first-order chi connectivity index (χ1) is 11.8. The molecule has 2 heterocycles. The molecule has 0 fully saturated rings. The number of rotatable bonds is 5. The summed E-state index contributed by atoms with van der Waals surface area (Å²) >= 11 is 0. The Labute approximate surface area is 140 Å². The lowest BCUT2D eigenvalue weighted by molar-refractivity contribution is 0.0984. The first kappa shape index (κ1) is 15.7. The molecule has 0 spiro atoms. The average molecular weight is 319 g/mol. The van der Waals surface area contributed by atoms with Gasteiger partial charge < -0.3 is 9.64 Å². The van der Waals surface area contributed by atoms with Crippen LogP contribution in [-0.4, -0.2) is 23.0 Å². The molecule has 5 nitrogen and oxygen atoms in total. The zero-order valence-electron chi connectivity index (χ0n) is 13.3. The molecule has 3 aromatic rings. The summed E-state index contributed by atoms with van der Waals surface area (Å²) in [6.45, 7) is 0.425. The second-order valence-corrected chi connectivity index (χ2v) is 5.19. The lowest BCUT2D eigenvalue weighted by Gasteiger charge is -2.23. The first-order valence-corrected chi connectivity index (χ1v) is 7.53. The van der Waals surface area contributed by atoms with Crippen molar-refractivity contribution in [1.29, 1.82) is 0 Å². The lowest BCUT2D eigenvalue weighted by Crippen LogP contribution is -2.30. The van der Waals surface area contributed by atoms with Crippen LogP contribution in [0.1, 0.15) is 15.9 Å².